The van der Waals surface area contributed by atoms with Gasteiger partial charge in [-0.05, 0) is 31.2 Å². The second-order valence-electron chi connectivity index (χ2n) is 5.74. The van der Waals surface area contributed by atoms with E-state index in [-0.39, 0.29) is 18.1 Å². The minimum atomic E-state index is -0.123. The molecular formula is C16H22N2O4. The Labute approximate surface area is 130 Å². The van der Waals surface area contributed by atoms with E-state index in [1.165, 1.54) is 0 Å². The zero-order chi connectivity index (χ0) is 15.5. The van der Waals surface area contributed by atoms with Gasteiger partial charge in [-0.3, -0.25) is 9.69 Å². The monoisotopic (exact) mass is 306 g/mol. The van der Waals surface area contributed by atoms with Gasteiger partial charge in [-0.2, -0.15) is 0 Å². The quantitative estimate of drug-likeness (QED) is 0.891. The molecule has 1 amide bonds. The molecule has 1 aromatic rings. The van der Waals surface area contributed by atoms with Gasteiger partial charge in [0.1, 0.15) is 13.2 Å². The van der Waals surface area contributed by atoms with Crippen molar-refractivity contribution in [2.45, 2.75) is 25.1 Å². The zero-order valence-electron chi connectivity index (χ0n) is 13.0. The molecule has 0 radical (unpaired) electrons. The normalized spacial score (nSPS) is 24.3. The minimum absolute atomic E-state index is 0.0388. The van der Waals surface area contributed by atoms with Crippen molar-refractivity contribution in [3.05, 3.63) is 23.8 Å². The highest BCUT2D eigenvalue weighted by atomic mass is 16.6. The Morgan fingerprint density at radius 2 is 2.14 bits per heavy atom. The van der Waals surface area contributed by atoms with E-state index in [9.17, 15) is 4.79 Å². The van der Waals surface area contributed by atoms with Gasteiger partial charge in [-0.15, -0.1) is 0 Å². The molecule has 0 saturated carbocycles. The standard InChI is InChI=1S/C16H22N2O4/c1-18-10-12(20-2)8-13(18)16(19)17-9-11-3-4-14-15(7-11)22-6-5-21-14/h3-4,7,12-13H,5-6,8-10H2,1-2H3,(H,17,19)/t12-,13-/m0/s1. The number of amides is 1. The van der Waals surface area contributed by atoms with Gasteiger partial charge in [-0.25, -0.2) is 0 Å². The summed E-state index contributed by atoms with van der Waals surface area (Å²) >= 11 is 0. The smallest absolute Gasteiger partial charge is 0.237 e. The molecule has 2 atom stereocenters. The molecule has 1 fully saturated rings. The summed E-state index contributed by atoms with van der Waals surface area (Å²) in [5, 5.41) is 2.99. The molecule has 6 nitrogen and oxygen atoms in total. The number of nitrogens with zero attached hydrogens (tertiary/aromatic N) is 1. The van der Waals surface area contributed by atoms with Crippen molar-refractivity contribution in [2.24, 2.45) is 0 Å². The van der Waals surface area contributed by atoms with E-state index in [0.29, 0.717) is 19.8 Å². The molecule has 1 saturated heterocycles. The molecule has 1 aromatic carbocycles. The molecule has 2 aliphatic heterocycles. The Kier molecular flexibility index (Phi) is 4.49. The van der Waals surface area contributed by atoms with Crippen LogP contribution >= 0.6 is 0 Å². The van der Waals surface area contributed by atoms with Crippen molar-refractivity contribution in [1.82, 2.24) is 10.2 Å². The summed E-state index contributed by atoms with van der Waals surface area (Å²) in [5.74, 6) is 1.55. The fourth-order valence-corrected chi connectivity index (χ4v) is 2.93. The summed E-state index contributed by atoms with van der Waals surface area (Å²) in [6, 6.07) is 5.63. The Balaban J connectivity index is 1.57. The van der Waals surface area contributed by atoms with E-state index < -0.39 is 0 Å². The lowest BCUT2D eigenvalue weighted by Crippen LogP contribution is -2.41. The van der Waals surface area contributed by atoms with Crippen molar-refractivity contribution in [2.75, 3.05) is 33.9 Å². The number of fused-ring (bicyclic) bond motifs is 1. The highest BCUT2D eigenvalue weighted by molar-refractivity contribution is 5.82. The van der Waals surface area contributed by atoms with Crippen LogP contribution in [0.2, 0.25) is 0 Å². The summed E-state index contributed by atoms with van der Waals surface area (Å²) < 4.78 is 16.4. The lowest BCUT2D eigenvalue weighted by atomic mass is 10.1. The minimum Gasteiger partial charge on any atom is -0.486 e. The average Bonchev–Trinajstić information content (AvgIpc) is 2.93. The lowest BCUT2D eigenvalue weighted by molar-refractivity contribution is -0.125. The predicted octanol–water partition coefficient (Wildman–Crippen LogP) is 0.793. The first kappa shape index (κ1) is 15.1. The topological polar surface area (TPSA) is 60.0 Å². The van der Waals surface area contributed by atoms with Crippen molar-refractivity contribution in [1.29, 1.82) is 0 Å². The maximum atomic E-state index is 12.3. The van der Waals surface area contributed by atoms with Crippen LogP contribution in [0.3, 0.4) is 0 Å². The Morgan fingerprint density at radius 1 is 1.36 bits per heavy atom. The van der Waals surface area contributed by atoms with Gasteiger partial charge in [0.05, 0.1) is 12.1 Å². The van der Waals surface area contributed by atoms with E-state index >= 15 is 0 Å². The first-order chi connectivity index (χ1) is 10.7. The third kappa shape index (κ3) is 3.18. The largest absolute Gasteiger partial charge is 0.486 e. The molecule has 120 valence electrons. The maximum absolute atomic E-state index is 12.3. The van der Waals surface area contributed by atoms with E-state index in [4.69, 9.17) is 14.2 Å². The van der Waals surface area contributed by atoms with Crippen molar-refractivity contribution < 1.29 is 19.0 Å². The summed E-state index contributed by atoms with van der Waals surface area (Å²) in [5.41, 5.74) is 1.00. The van der Waals surface area contributed by atoms with Gasteiger partial charge in [0.25, 0.3) is 0 Å². The number of nitrogens with one attached hydrogen (secondary N) is 1. The number of ether oxygens (including phenoxy) is 3. The molecule has 0 spiro atoms. The molecule has 0 bridgehead atoms. The molecule has 1 N–H and O–H groups in total. The second kappa shape index (κ2) is 6.54. The number of rotatable bonds is 4. The number of methoxy groups -OCH3 is 1. The molecule has 2 heterocycles. The number of hydrogen-bond donors (Lipinski definition) is 1. The van der Waals surface area contributed by atoms with Gasteiger partial charge in [0, 0.05) is 20.2 Å². The molecule has 0 aromatic heterocycles. The van der Waals surface area contributed by atoms with Crippen LogP contribution in [0.25, 0.3) is 0 Å². The second-order valence-corrected chi connectivity index (χ2v) is 5.74. The number of likely N-dealkylation sites (tertiary alicyclic amines) is 1. The van der Waals surface area contributed by atoms with Gasteiger partial charge < -0.3 is 19.5 Å². The number of carbonyl (C=O) groups excluding carboxylic acids is 1. The third-order valence-electron chi connectivity index (χ3n) is 4.22. The number of likely N-dealkylation sites (N-methyl/N-ethyl adjacent to an activating group) is 1. The summed E-state index contributed by atoms with van der Waals surface area (Å²) in [4.78, 5) is 14.4. The first-order valence-corrected chi connectivity index (χ1v) is 7.56. The molecule has 0 aliphatic carbocycles. The summed E-state index contributed by atoms with van der Waals surface area (Å²) in [6.07, 6.45) is 0.870. The Morgan fingerprint density at radius 3 is 2.86 bits per heavy atom. The highest BCUT2D eigenvalue weighted by Gasteiger charge is 2.34. The first-order valence-electron chi connectivity index (χ1n) is 7.56. The van der Waals surface area contributed by atoms with Crippen LogP contribution in [0.1, 0.15) is 12.0 Å². The van der Waals surface area contributed by atoms with Crippen LogP contribution < -0.4 is 14.8 Å². The Hall–Kier alpha value is -1.79. The molecular weight excluding hydrogens is 284 g/mol. The van der Waals surface area contributed by atoms with Crippen LogP contribution in [-0.2, 0) is 16.1 Å². The third-order valence-corrected chi connectivity index (χ3v) is 4.22. The van der Waals surface area contributed by atoms with Crippen molar-refractivity contribution >= 4 is 5.91 Å². The van der Waals surface area contributed by atoms with E-state index in [0.717, 1.165) is 30.0 Å². The molecule has 22 heavy (non-hydrogen) atoms. The van der Waals surface area contributed by atoms with Crippen LogP contribution in [0.5, 0.6) is 11.5 Å². The molecule has 3 rings (SSSR count). The van der Waals surface area contributed by atoms with E-state index in [1.54, 1.807) is 7.11 Å². The van der Waals surface area contributed by atoms with Crippen LogP contribution in [0, 0.1) is 0 Å². The van der Waals surface area contributed by atoms with Crippen LogP contribution in [0.15, 0.2) is 18.2 Å². The van der Waals surface area contributed by atoms with E-state index in [1.807, 2.05) is 30.1 Å². The summed E-state index contributed by atoms with van der Waals surface area (Å²) in [7, 11) is 3.64. The number of benzene rings is 1. The summed E-state index contributed by atoms with van der Waals surface area (Å²) in [6.45, 7) is 2.42. The molecule has 6 heteroatoms. The van der Waals surface area contributed by atoms with Gasteiger partial charge in [0.15, 0.2) is 11.5 Å². The van der Waals surface area contributed by atoms with Gasteiger partial charge in [-0.1, -0.05) is 6.07 Å². The molecule has 0 unspecified atom stereocenters. The van der Waals surface area contributed by atoms with E-state index in [2.05, 4.69) is 5.32 Å². The van der Waals surface area contributed by atoms with Crippen molar-refractivity contribution in [3.63, 3.8) is 0 Å². The molecule has 2 aliphatic rings. The predicted molar refractivity (Wildman–Crippen MR) is 81.1 cm³/mol. The number of carbonyl (C=O) groups is 1. The Bertz CT molecular complexity index is 549. The van der Waals surface area contributed by atoms with Gasteiger partial charge in [0.2, 0.25) is 5.91 Å². The van der Waals surface area contributed by atoms with Crippen LogP contribution in [0.4, 0.5) is 0 Å². The number of hydrogen-bond acceptors (Lipinski definition) is 5. The zero-order valence-corrected chi connectivity index (χ0v) is 13.0. The van der Waals surface area contributed by atoms with Crippen molar-refractivity contribution in [3.8, 4) is 11.5 Å². The average molecular weight is 306 g/mol. The maximum Gasteiger partial charge on any atom is 0.237 e. The van der Waals surface area contributed by atoms with Crippen LogP contribution in [-0.4, -0.2) is 56.9 Å². The lowest BCUT2D eigenvalue weighted by Gasteiger charge is -2.20. The fraction of sp³-hybridized carbons (Fsp3) is 0.562. The SMILES string of the molecule is CO[C@H]1C[C@@H](C(=O)NCc2ccc3c(c2)OCCO3)N(C)C1. The van der Waals surface area contributed by atoms with Gasteiger partial charge >= 0.3 is 0 Å². The highest BCUT2D eigenvalue weighted by Crippen LogP contribution is 2.30. The fourth-order valence-electron chi connectivity index (χ4n) is 2.93.